The summed E-state index contributed by atoms with van der Waals surface area (Å²) in [4.78, 5) is 0. The van der Waals surface area contributed by atoms with Crippen LogP contribution in [0.15, 0.2) is 146 Å². The summed E-state index contributed by atoms with van der Waals surface area (Å²) in [7, 11) is 0. The van der Waals surface area contributed by atoms with Crippen molar-refractivity contribution in [3.63, 3.8) is 0 Å². The number of unbranched alkanes of at least 4 members (excludes halogenated alkanes) is 1. The Morgan fingerprint density at radius 2 is 1.12 bits per heavy atom. The fourth-order valence-electron chi connectivity index (χ4n) is 7.28. The standard InChI is InChI=1S/C43H38/c1-3-4-15-32-23-25-34(26-24-32)35-27-28-38-37-19-10-13-22-41(37)43(42(38)30-35,39-20-11-8-14-31(39)2)40-21-12-9-18-36(40)29-33-16-6-5-7-17-33/h5-14,16-28,30H,3-4,15,29H2,1-2H3. The summed E-state index contributed by atoms with van der Waals surface area (Å²) in [6.45, 7) is 4.53. The van der Waals surface area contributed by atoms with Gasteiger partial charge in [-0.1, -0.05) is 153 Å². The molecule has 0 heterocycles. The van der Waals surface area contributed by atoms with Crippen LogP contribution in [0.5, 0.6) is 0 Å². The zero-order valence-electron chi connectivity index (χ0n) is 25.2. The van der Waals surface area contributed by atoms with Gasteiger partial charge < -0.3 is 0 Å². The zero-order valence-corrected chi connectivity index (χ0v) is 25.2. The predicted molar refractivity (Wildman–Crippen MR) is 182 cm³/mol. The van der Waals surface area contributed by atoms with E-state index in [1.165, 1.54) is 79.6 Å². The third-order valence-corrected chi connectivity index (χ3v) is 9.36. The number of rotatable bonds is 8. The van der Waals surface area contributed by atoms with Crippen LogP contribution in [0.1, 0.15) is 64.3 Å². The highest BCUT2D eigenvalue weighted by Crippen LogP contribution is 2.58. The van der Waals surface area contributed by atoms with Gasteiger partial charge in [0.15, 0.2) is 0 Å². The molecule has 0 saturated carbocycles. The SMILES string of the molecule is CCCCc1ccc(-c2ccc3c(c2)C(c2ccccc2C)(c2ccccc2Cc2ccccc2)c2ccccc2-3)cc1. The van der Waals surface area contributed by atoms with Gasteiger partial charge in [-0.2, -0.15) is 0 Å². The van der Waals surface area contributed by atoms with Crippen LogP contribution in [0.25, 0.3) is 22.3 Å². The van der Waals surface area contributed by atoms with Crippen molar-refractivity contribution in [3.8, 4) is 22.3 Å². The van der Waals surface area contributed by atoms with Crippen LogP contribution in [0, 0.1) is 6.92 Å². The van der Waals surface area contributed by atoms with E-state index < -0.39 is 5.41 Å². The van der Waals surface area contributed by atoms with Gasteiger partial charge in [-0.15, -0.1) is 0 Å². The number of hydrogen-bond donors (Lipinski definition) is 0. The fraction of sp³-hybridized carbons (Fsp3) is 0.163. The Labute approximate surface area is 256 Å². The highest BCUT2D eigenvalue weighted by molar-refractivity contribution is 5.89. The van der Waals surface area contributed by atoms with E-state index in [0.717, 1.165) is 12.8 Å². The first-order chi connectivity index (χ1) is 21.2. The zero-order chi connectivity index (χ0) is 29.2. The topological polar surface area (TPSA) is 0 Å². The summed E-state index contributed by atoms with van der Waals surface area (Å²) in [5, 5.41) is 0. The molecule has 0 radical (unpaired) electrons. The molecule has 6 aromatic carbocycles. The van der Waals surface area contributed by atoms with Gasteiger partial charge in [0.2, 0.25) is 0 Å². The van der Waals surface area contributed by atoms with Gasteiger partial charge in [0.25, 0.3) is 0 Å². The highest BCUT2D eigenvalue weighted by atomic mass is 14.5. The molecule has 6 aromatic rings. The molecule has 0 heteroatoms. The monoisotopic (exact) mass is 554 g/mol. The van der Waals surface area contributed by atoms with Crippen LogP contribution in [0.2, 0.25) is 0 Å². The largest absolute Gasteiger partial charge is 0.0719 e. The molecule has 0 spiro atoms. The van der Waals surface area contributed by atoms with E-state index >= 15 is 0 Å². The minimum atomic E-state index is -0.431. The molecule has 1 aliphatic rings. The van der Waals surface area contributed by atoms with Gasteiger partial charge in [-0.25, -0.2) is 0 Å². The van der Waals surface area contributed by atoms with E-state index in [0.29, 0.717) is 0 Å². The number of aryl methyl sites for hydroxylation is 2. The highest BCUT2D eigenvalue weighted by Gasteiger charge is 2.47. The maximum Gasteiger partial charge on any atom is 0.0719 e. The van der Waals surface area contributed by atoms with E-state index in [4.69, 9.17) is 0 Å². The Morgan fingerprint density at radius 1 is 0.488 bits per heavy atom. The Morgan fingerprint density at radius 3 is 1.88 bits per heavy atom. The van der Waals surface area contributed by atoms with Gasteiger partial charge in [-0.05, 0) is 99.0 Å². The van der Waals surface area contributed by atoms with Crippen molar-refractivity contribution in [2.75, 3.05) is 0 Å². The quantitative estimate of drug-likeness (QED) is 0.175. The van der Waals surface area contributed by atoms with Crippen LogP contribution >= 0.6 is 0 Å². The Kier molecular flexibility index (Phi) is 7.29. The smallest absolute Gasteiger partial charge is 0.0654 e. The van der Waals surface area contributed by atoms with E-state index in [1.807, 2.05) is 0 Å². The first kappa shape index (κ1) is 27.2. The molecule has 1 unspecified atom stereocenters. The first-order valence-corrected chi connectivity index (χ1v) is 15.7. The lowest BCUT2D eigenvalue weighted by Gasteiger charge is -2.37. The molecule has 0 saturated heterocycles. The first-order valence-electron chi connectivity index (χ1n) is 15.7. The summed E-state index contributed by atoms with van der Waals surface area (Å²) >= 11 is 0. The van der Waals surface area contributed by atoms with Gasteiger partial charge in [-0.3, -0.25) is 0 Å². The molecule has 1 aliphatic carbocycles. The molecule has 43 heavy (non-hydrogen) atoms. The second-order valence-electron chi connectivity index (χ2n) is 12.0. The molecule has 1 atom stereocenters. The van der Waals surface area contributed by atoms with Gasteiger partial charge in [0.1, 0.15) is 0 Å². The van der Waals surface area contributed by atoms with Crippen LogP contribution in [-0.4, -0.2) is 0 Å². The average Bonchev–Trinajstić information content (AvgIpc) is 3.35. The molecule has 0 amide bonds. The van der Waals surface area contributed by atoms with Gasteiger partial charge >= 0.3 is 0 Å². The number of fused-ring (bicyclic) bond motifs is 3. The molecule has 0 aromatic heterocycles. The van der Waals surface area contributed by atoms with Crippen LogP contribution in [0.3, 0.4) is 0 Å². The minimum absolute atomic E-state index is 0.431. The fourth-order valence-corrected chi connectivity index (χ4v) is 7.28. The van der Waals surface area contributed by atoms with Crippen molar-refractivity contribution in [1.29, 1.82) is 0 Å². The molecule has 0 fully saturated rings. The lowest BCUT2D eigenvalue weighted by Crippen LogP contribution is -2.31. The molecule has 0 bridgehead atoms. The normalized spacial score (nSPS) is 15.2. The number of hydrogen-bond acceptors (Lipinski definition) is 0. The molecular formula is C43H38. The van der Waals surface area contributed by atoms with Crippen LogP contribution in [-0.2, 0) is 18.3 Å². The van der Waals surface area contributed by atoms with E-state index in [2.05, 4.69) is 159 Å². The van der Waals surface area contributed by atoms with Crippen LogP contribution < -0.4 is 0 Å². The predicted octanol–water partition coefficient (Wildman–Crippen LogP) is 11.0. The second-order valence-corrected chi connectivity index (χ2v) is 12.0. The van der Waals surface area contributed by atoms with E-state index in [1.54, 1.807) is 0 Å². The van der Waals surface area contributed by atoms with Crippen LogP contribution in [0.4, 0.5) is 0 Å². The summed E-state index contributed by atoms with van der Waals surface area (Å²) in [5.41, 5.74) is 15.7. The Hall–Kier alpha value is -4.68. The summed E-state index contributed by atoms with van der Waals surface area (Å²) < 4.78 is 0. The third kappa shape index (κ3) is 4.72. The summed E-state index contributed by atoms with van der Waals surface area (Å²) in [6.07, 6.45) is 4.49. The maximum absolute atomic E-state index is 2.49. The molecule has 0 nitrogen and oxygen atoms in total. The molecule has 210 valence electrons. The summed E-state index contributed by atoms with van der Waals surface area (Å²) in [5.74, 6) is 0. The third-order valence-electron chi connectivity index (χ3n) is 9.36. The second kappa shape index (κ2) is 11.5. The average molecular weight is 555 g/mol. The molecular weight excluding hydrogens is 516 g/mol. The van der Waals surface area contributed by atoms with Crippen molar-refractivity contribution < 1.29 is 0 Å². The van der Waals surface area contributed by atoms with E-state index in [-0.39, 0.29) is 0 Å². The lowest BCUT2D eigenvalue weighted by molar-refractivity contribution is 0.749. The van der Waals surface area contributed by atoms with Crippen molar-refractivity contribution in [2.24, 2.45) is 0 Å². The molecule has 7 rings (SSSR count). The Balaban J connectivity index is 1.50. The van der Waals surface area contributed by atoms with Crippen molar-refractivity contribution in [2.45, 2.75) is 44.9 Å². The van der Waals surface area contributed by atoms with Crippen molar-refractivity contribution in [3.05, 3.63) is 190 Å². The van der Waals surface area contributed by atoms with Crippen molar-refractivity contribution >= 4 is 0 Å². The van der Waals surface area contributed by atoms with Gasteiger partial charge in [0.05, 0.1) is 5.41 Å². The van der Waals surface area contributed by atoms with Gasteiger partial charge in [0, 0.05) is 0 Å². The van der Waals surface area contributed by atoms with E-state index in [9.17, 15) is 0 Å². The Bertz CT molecular complexity index is 1880. The van der Waals surface area contributed by atoms with Crippen molar-refractivity contribution in [1.82, 2.24) is 0 Å². The maximum atomic E-state index is 2.49. The minimum Gasteiger partial charge on any atom is -0.0654 e. The lowest BCUT2D eigenvalue weighted by atomic mass is 9.64. The molecule has 0 N–H and O–H groups in total. The molecule has 0 aliphatic heterocycles. The number of benzene rings is 6. The summed E-state index contributed by atoms with van der Waals surface area (Å²) in [6, 6.07) is 54.6.